The zero-order chi connectivity index (χ0) is 12.2. The molecule has 2 N–H and O–H groups in total. The van der Waals surface area contributed by atoms with Crippen LogP contribution in [0.2, 0.25) is 0 Å². The summed E-state index contributed by atoms with van der Waals surface area (Å²) in [5, 5.41) is 6.58. The first-order valence-corrected chi connectivity index (χ1v) is 6.48. The number of nitrogens with one attached hydrogen (secondary N) is 2. The van der Waals surface area contributed by atoms with Crippen LogP contribution in [0.15, 0.2) is 48.5 Å². The second-order valence-electron chi connectivity index (χ2n) is 4.74. The maximum Gasteiger partial charge on any atom is 0.0211 e. The van der Waals surface area contributed by atoms with E-state index in [4.69, 9.17) is 0 Å². The SMILES string of the molecule is [Ir].c1ccc2c(c1)CNC2.c1ccc2c(c1)CNC2. The van der Waals surface area contributed by atoms with Crippen LogP contribution in [0.5, 0.6) is 0 Å². The van der Waals surface area contributed by atoms with Crippen LogP contribution in [0.4, 0.5) is 0 Å². The van der Waals surface area contributed by atoms with E-state index in [1.807, 2.05) is 0 Å². The smallest absolute Gasteiger partial charge is 0.0211 e. The molecule has 4 rings (SSSR count). The van der Waals surface area contributed by atoms with E-state index < -0.39 is 0 Å². The first-order valence-electron chi connectivity index (χ1n) is 6.48. The number of hydrogen-bond donors (Lipinski definition) is 2. The molecule has 1 radical (unpaired) electrons. The average molecular weight is 431 g/mol. The van der Waals surface area contributed by atoms with E-state index in [0.717, 1.165) is 26.2 Å². The maximum atomic E-state index is 3.29. The fourth-order valence-corrected chi connectivity index (χ4v) is 2.47. The van der Waals surface area contributed by atoms with Crippen molar-refractivity contribution in [3.63, 3.8) is 0 Å². The van der Waals surface area contributed by atoms with Gasteiger partial charge in [0.2, 0.25) is 0 Å². The first kappa shape index (κ1) is 14.4. The van der Waals surface area contributed by atoms with Crippen molar-refractivity contribution in [1.29, 1.82) is 0 Å². The van der Waals surface area contributed by atoms with Crippen LogP contribution in [0.3, 0.4) is 0 Å². The van der Waals surface area contributed by atoms with Crippen molar-refractivity contribution in [1.82, 2.24) is 10.6 Å². The minimum absolute atomic E-state index is 0. The molecule has 101 valence electrons. The molecule has 2 aliphatic heterocycles. The molecule has 0 atom stereocenters. The van der Waals surface area contributed by atoms with E-state index in [-0.39, 0.29) is 20.1 Å². The molecule has 2 aromatic carbocycles. The van der Waals surface area contributed by atoms with Crippen LogP contribution in [-0.4, -0.2) is 0 Å². The van der Waals surface area contributed by atoms with Crippen molar-refractivity contribution in [2.24, 2.45) is 0 Å². The monoisotopic (exact) mass is 431 g/mol. The first-order chi connectivity index (χ1) is 8.93. The molecule has 0 saturated carbocycles. The van der Waals surface area contributed by atoms with Crippen molar-refractivity contribution in [3.8, 4) is 0 Å². The average Bonchev–Trinajstić information content (AvgIpc) is 3.08. The molecule has 0 amide bonds. The van der Waals surface area contributed by atoms with Gasteiger partial charge in [0.1, 0.15) is 0 Å². The molecule has 2 heterocycles. The fraction of sp³-hybridized carbons (Fsp3) is 0.250. The fourth-order valence-electron chi connectivity index (χ4n) is 2.47. The van der Waals surface area contributed by atoms with Gasteiger partial charge in [0.25, 0.3) is 0 Å². The van der Waals surface area contributed by atoms with E-state index in [9.17, 15) is 0 Å². The number of fused-ring (bicyclic) bond motifs is 2. The van der Waals surface area contributed by atoms with Crippen LogP contribution < -0.4 is 10.6 Å². The summed E-state index contributed by atoms with van der Waals surface area (Å²) in [5.41, 5.74) is 5.82. The molecule has 2 aromatic rings. The third-order valence-corrected chi connectivity index (χ3v) is 3.50. The van der Waals surface area contributed by atoms with E-state index in [1.54, 1.807) is 0 Å². The second kappa shape index (κ2) is 6.97. The molecule has 0 aromatic heterocycles. The zero-order valence-corrected chi connectivity index (χ0v) is 13.2. The van der Waals surface area contributed by atoms with Crippen molar-refractivity contribution >= 4 is 0 Å². The third-order valence-electron chi connectivity index (χ3n) is 3.50. The van der Waals surface area contributed by atoms with Crippen molar-refractivity contribution in [3.05, 3.63) is 70.8 Å². The largest absolute Gasteiger partial charge is 0.309 e. The Hall–Kier alpha value is -0.991. The summed E-state index contributed by atoms with van der Waals surface area (Å²) in [6.07, 6.45) is 0. The second-order valence-corrected chi connectivity index (χ2v) is 4.74. The summed E-state index contributed by atoms with van der Waals surface area (Å²) in [6, 6.07) is 17.1. The summed E-state index contributed by atoms with van der Waals surface area (Å²) < 4.78 is 0. The third kappa shape index (κ3) is 3.52. The van der Waals surface area contributed by atoms with Gasteiger partial charge in [0.05, 0.1) is 0 Å². The molecule has 2 nitrogen and oxygen atoms in total. The van der Waals surface area contributed by atoms with Crippen LogP contribution in [0.1, 0.15) is 22.3 Å². The summed E-state index contributed by atoms with van der Waals surface area (Å²) in [4.78, 5) is 0. The van der Waals surface area contributed by atoms with Gasteiger partial charge in [-0.2, -0.15) is 0 Å². The molecule has 0 saturated heterocycles. The Labute approximate surface area is 128 Å². The Morgan fingerprint density at radius 1 is 0.526 bits per heavy atom. The molecule has 19 heavy (non-hydrogen) atoms. The van der Waals surface area contributed by atoms with Gasteiger partial charge in [0.15, 0.2) is 0 Å². The molecule has 3 heteroatoms. The van der Waals surface area contributed by atoms with Crippen LogP contribution in [-0.2, 0) is 46.3 Å². The van der Waals surface area contributed by atoms with Crippen LogP contribution in [0, 0.1) is 0 Å². The molecule has 0 fully saturated rings. The molecule has 0 unspecified atom stereocenters. The molecule has 0 bridgehead atoms. The molecule has 0 aliphatic carbocycles. The predicted octanol–water partition coefficient (Wildman–Crippen LogP) is 2.58. The Balaban J connectivity index is 0.000000133. The predicted molar refractivity (Wildman–Crippen MR) is 74.0 cm³/mol. The Kier molecular flexibility index (Phi) is 5.29. The van der Waals surface area contributed by atoms with Gasteiger partial charge in [-0.05, 0) is 22.3 Å². The Morgan fingerprint density at radius 3 is 1.05 bits per heavy atom. The standard InChI is InChI=1S/2C8H9N.Ir/c2*1-2-4-8-6-9-5-7(8)3-1;/h2*1-4,9H,5-6H2;. The van der Waals surface area contributed by atoms with E-state index in [2.05, 4.69) is 59.2 Å². The van der Waals surface area contributed by atoms with E-state index >= 15 is 0 Å². The summed E-state index contributed by atoms with van der Waals surface area (Å²) >= 11 is 0. The molecule has 2 aliphatic rings. The van der Waals surface area contributed by atoms with Crippen molar-refractivity contribution in [2.75, 3.05) is 0 Å². The minimum atomic E-state index is 0. The van der Waals surface area contributed by atoms with Gasteiger partial charge in [-0.3, -0.25) is 0 Å². The Morgan fingerprint density at radius 2 is 0.789 bits per heavy atom. The van der Waals surface area contributed by atoms with E-state index in [0.29, 0.717) is 0 Å². The van der Waals surface area contributed by atoms with Crippen LogP contribution >= 0.6 is 0 Å². The van der Waals surface area contributed by atoms with Gasteiger partial charge in [0, 0.05) is 46.3 Å². The quantitative estimate of drug-likeness (QED) is 0.672. The topological polar surface area (TPSA) is 24.1 Å². The van der Waals surface area contributed by atoms with Crippen LogP contribution in [0.25, 0.3) is 0 Å². The summed E-state index contributed by atoms with van der Waals surface area (Å²) in [5.74, 6) is 0. The number of hydrogen-bond acceptors (Lipinski definition) is 2. The summed E-state index contributed by atoms with van der Waals surface area (Å²) in [7, 11) is 0. The minimum Gasteiger partial charge on any atom is -0.309 e. The zero-order valence-electron chi connectivity index (χ0n) is 10.8. The maximum absolute atomic E-state index is 3.29. The normalized spacial score (nSPS) is 14.7. The molecular weight excluding hydrogens is 412 g/mol. The Bertz CT molecular complexity index is 444. The van der Waals surface area contributed by atoms with Crippen molar-refractivity contribution in [2.45, 2.75) is 26.2 Å². The summed E-state index contributed by atoms with van der Waals surface area (Å²) in [6.45, 7) is 4.21. The van der Waals surface area contributed by atoms with Gasteiger partial charge < -0.3 is 10.6 Å². The van der Waals surface area contributed by atoms with Gasteiger partial charge in [-0.1, -0.05) is 48.5 Å². The molecule has 0 spiro atoms. The van der Waals surface area contributed by atoms with Gasteiger partial charge >= 0.3 is 0 Å². The number of benzene rings is 2. The van der Waals surface area contributed by atoms with Crippen molar-refractivity contribution < 1.29 is 20.1 Å². The van der Waals surface area contributed by atoms with Gasteiger partial charge in [-0.25, -0.2) is 0 Å². The van der Waals surface area contributed by atoms with Gasteiger partial charge in [-0.15, -0.1) is 0 Å². The van der Waals surface area contributed by atoms with E-state index in [1.165, 1.54) is 22.3 Å². The number of rotatable bonds is 0. The molecular formula is C16H18IrN2.